The second-order valence-electron chi connectivity index (χ2n) is 9.86. The summed E-state index contributed by atoms with van der Waals surface area (Å²) < 4.78 is 0. The summed E-state index contributed by atoms with van der Waals surface area (Å²) in [5, 5.41) is 13.0. The Bertz CT molecular complexity index is 1390. The smallest absolute Gasteiger partial charge is 0.273 e. The van der Waals surface area contributed by atoms with Gasteiger partial charge in [-0.05, 0) is 60.4 Å². The van der Waals surface area contributed by atoms with Crippen LogP contribution in [0, 0.1) is 45.6 Å². The average Bonchev–Trinajstić information content (AvgIpc) is 3.67. The fourth-order valence-corrected chi connectivity index (χ4v) is 6.49. The van der Waals surface area contributed by atoms with Crippen molar-refractivity contribution in [3.63, 3.8) is 0 Å². The average molecular weight is 540 g/mol. The summed E-state index contributed by atoms with van der Waals surface area (Å²) >= 11 is 12.1. The lowest BCUT2D eigenvalue weighted by molar-refractivity contribution is -0.384. The van der Waals surface area contributed by atoms with Crippen molar-refractivity contribution in [3.8, 4) is 0 Å². The topological polar surface area (TPSA) is 118 Å². The third-order valence-corrected chi connectivity index (χ3v) is 8.71. The molecular weight excluding hydrogens is 521 g/mol. The SMILES string of the molecule is O=C(CN(C(=O)c1ccc(Cl)c(Cl)c1)N1C(=O)[C@@H]2[C@H]3C=C[C@H]([C@@H]4C[C@H]34)[C@@H]2C1=O)c1ccc([N+](=O)[O-])cc1. The number of Topliss-reactive ketones (excluding diaryl/α,β-unsaturated/α-hetero) is 1. The highest BCUT2D eigenvalue weighted by atomic mass is 35.5. The molecule has 2 saturated carbocycles. The number of carbonyl (C=O) groups is 4. The van der Waals surface area contributed by atoms with Crippen LogP contribution in [0.2, 0.25) is 10.0 Å². The molecule has 0 N–H and O–H groups in total. The first-order chi connectivity index (χ1) is 17.7. The molecular formula is C26H19Cl2N3O6. The van der Waals surface area contributed by atoms with Crippen molar-refractivity contribution in [3.05, 3.63) is 85.9 Å². The zero-order valence-electron chi connectivity index (χ0n) is 19.1. The molecule has 0 unspecified atom stereocenters. The van der Waals surface area contributed by atoms with Crippen molar-refractivity contribution < 1.29 is 24.1 Å². The van der Waals surface area contributed by atoms with Gasteiger partial charge in [-0.25, -0.2) is 5.01 Å². The van der Waals surface area contributed by atoms with Crippen molar-refractivity contribution in [2.24, 2.45) is 35.5 Å². The normalized spacial score (nSPS) is 28.6. The molecule has 0 spiro atoms. The molecule has 2 aromatic rings. The molecule has 37 heavy (non-hydrogen) atoms. The fourth-order valence-electron chi connectivity index (χ4n) is 6.19. The maximum Gasteiger partial charge on any atom is 0.273 e. The van der Waals surface area contributed by atoms with Crippen LogP contribution in [0.15, 0.2) is 54.6 Å². The van der Waals surface area contributed by atoms with Crippen LogP contribution in [0.5, 0.6) is 0 Å². The monoisotopic (exact) mass is 539 g/mol. The van der Waals surface area contributed by atoms with Gasteiger partial charge in [0.2, 0.25) is 0 Å². The Morgan fingerprint density at radius 2 is 1.49 bits per heavy atom. The highest BCUT2D eigenvalue weighted by molar-refractivity contribution is 6.42. The minimum Gasteiger partial charge on any atom is -0.292 e. The van der Waals surface area contributed by atoms with Crippen molar-refractivity contribution in [1.82, 2.24) is 10.0 Å². The van der Waals surface area contributed by atoms with Gasteiger partial charge in [0.25, 0.3) is 23.4 Å². The number of nitro groups is 1. The predicted molar refractivity (Wildman–Crippen MR) is 131 cm³/mol. The number of ketones is 1. The summed E-state index contributed by atoms with van der Waals surface area (Å²) in [5.74, 6) is -2.86. The van der Waals surface area contributed by atoms with Crippen molar-refractivity contribution in [2.45, 2.75) is 6.42 Å². The number of halogens is 2. The molecule has 3 amide bonds. The maximum absolute atomic E-state index is 13.7. The molecule has 5 aliphatic rings. The highest BCUT2D eigenvalue weighted by Gasteiger charge is 2.68. The van der Waals surface area contributed by atoms with Gasteiger partial charge in [-0.15, -0.1) is 0 Å². The van der Waals surface area contributed by atoms with Crippen LogP contribution in [-0.2, 0) is 9.59 Å². The van der Waals surface area contributed by atoms with Crippen molar-refractivity contribution in [1.29, 1.82) is 0 Å². The van der Waals surface area contributed by atoms with Gasteiger partial charge >= 0.3 is 0 Å². The number of nitrogens with zero attached hydrogens (tertiary/aromatic N) is 3. The Morgan fingerprint density at radius 3 is 2.03 bits per heavy atom. The maximum atomic E-state index is 13.7. The van der Waals surface area contributed by atoms with Crippen LogP contribution in [0.3, 0.4) is 0 Å². The molecule has 4 aliphatic carbocycles. The molecule has 11 heteroatoms. The van der Waals surface area contributed by atoms with Crippen LogP contribution in [-0.4, -0.2) is 45.0 Å². The zero-order chi connectivity index (χ0) is 26.2. The molecule has 9 nitrogen and oxygen atoms in total. The molecule has 3 fully saturated rings. The second kappa shape index (κ2) is 8.49. The van der Waals surface area contributed by atoms with E-state index in [1.807, 2.05) is 12.2 Å². The molecule has 0 radical (unpaired) electrons. The molecule has 1 aliphatic heterocycles. The molecule has 1 heterocycles. The van der Waals surface area contributed by atoms with Gasteiger partial charge in [0.15, 0.2) is 5.78 Å². The van der Waals surface area contributed by atoms with Crippen LogP contribution >= 0.6 is 23.2 Å². The third kappa shape index (κ3) is 3.67. The molecule has 6 atom stereocenters. The number of benzene rings is 2. The van der Waals surface area contributed by atoms with Crippen LogP contribution < -0.4 is 0 Å². The van der Waals surface area contributed by atoms with Crippen LogP contribution in [0.4, 0.5) is 5.69 Å². The van der Waals surface area contributed by atoms with E-state index in [1.54, 1.807) is 0 Å². The Hall–Kier alpha value is -3.56. The van der Waals surface area contributed by atoms with E-state index in [9.17, 15) is 29.3 Å². The van der Waals surface area contributed by atoms with E-state index >= 15 is 0 Å². The second-order valence-corrected chi connectivity index (χ2v) is 10.7. The first-order valence-corrected chi connectivity index (χ1v) is 12.5. The van der Waals surface area contributed by atoms with E-state index in [4.69, 9.17) is 23.2 Å². The number of allylic oxidation sites excluding steroid dienone is 2. The molecule has 1 saturated heterocycles. The summed E-state index contributed by atoms with van der Waals surface area (Å²) in [6.07, 6.45) is 5.02. The standard InChI is InChI=1S/C26H19Cl2N3O6/c27-19-8-3-13(9-20(19)28)24(33)29(11-21(32)12-1-4-14(5-2-12)31(36)37)30-25(34)22-15-6-7-16(18-10-17(15)18)23(22)26(30)35/h1-9,15-18,22-23H,10-11H2/t15-,16+,17+,18-,22+,23-. The quantitative estimate of drug-likeness (QED) is 0.178. The van der Waals surface area contributed by atoms with Gasteiger partial charge in [-0.3, -0.25) is 29.3 Å². The summed E-state index contributed by atoms with van der Waals surface area (Å²) in [4.78, 5) is 64.6. The van der Waals surface area contributed by atoms with E-state index in [0.717, 1.165) is 16.4 Å². The first-order valence-electron chi connectivity index (χ1n) is 11.8. The van der Waals surface area contributed by atoms with E-state index in [0.29, 0.717) is 11.8 Å². The summed E-state index contributed by atoms with van der Waals surface area (Å²) in [6.45, 7) is -0.622. The Morgan fingerprint density at radius 1 is 0.919 bits per heavy atom. The summed E-state index contributed by atoms with van der Waals surface area (Å²) in [6, 6.07) is 9.02. The molecule has 7 rings (SSSR count). The number of amides is 3. The van der Waals surface area contributed by atoms with Crippen molar-refractivity contribution in [2.75, 3.05) is 6.54 Å². The first kappa shape index (κ1) is 23.8. The number of rotatable bonds is 6. The molecule has 2 bridgehead atoms. The van der Waals surface area contributed by atoms with Gasteiger partial charge in [0, 0.05) is 23.3 Å². The van der Waals surface area contributed by atoms with Gasteiger partial charge in [-0.1, -0.05) is 35.4 Å². The van der Waals surface area contributed by atoms with E-state index in [1.165, 1.54) is 42.5 Å². The predicted octanol–water partition coefficient (Wildman–Crippen LogP) is 4.19. The molecule has 188 valence electrons. The number of non-ortho nitro benzene ring substituents is 1. The van der Waals surface area contributed by atoms with Gasteiger partial charge in [-0.2, -0.15) is 5.01 Å². The fraction of sp³-hybridized carbons (Fsp3) is 0.308. The number of hydrogen-bond acceptors (Lipinski definition) is 6. The van der Waals surface area contributed by atoms with E-state index in [-0.39, 0.29) is 38.7 Å². The Labute approximate surface area is 220 Å². The van der Waals surface area contributed by atoms with Crippen LogP contribution in [0.1, 0.15) is 27.1 Å². The van der Waals surface area contributed by atoms with Crippen LogP contribution in [0.25, 0.3) is 0 Å². The molecule has 0 aromatic heterocycles. The highest BCUT2D eigenvalue weighted by Crippen LogP contribution is 2.65. The largest absolute Gasteiger partial charge is 0.292 e. The number of carbonyl (C=O) groups excluding carboxylic acids is 4. The lowest BCUT2D eigenvalue weighted by Crippen LogP contribution is -2.52. The number of hydrazine groups is 1. The summed E-state index contributed by atoms with van der Waals surface area (Å²) in [5.41, 5.74) is -0.0573. The van der Waals surface area contributed by atoms with Gasteiger partial charge in [0.05, 0.1) is 26.8 Å². The number of hydrogen-bond donors (Lipinski definition) is 0. The minimum atomic E-state index is -0.764. The third-order valence-electron chi connectivity index (χ3n) is 7.98. The lowest BCUT2D eigenvalue weighted by atomic mass is 9.63. The van der Waals surface area contributed by atoms with Crippen molar-refractivity contribution >= 4 is 52.4 Å². The zero-order valence-corrected chi connectivity index (χ0v) is 20.6. The van der Waals surface area contributed by atoms with Gasteiger partial charge in [0.1, 0.15) is 6.54 Å². The molecule has 2 aromatic carbocycles. The number of imide groups is 1. The number of nitro benzene ring substituents is 1. The van der Waals surface area contributed by atoms with E-state index in [2.05, 4.69) is 0 Å². The Kier molecular flexibility index (Phi) is 5.47. The lowest BCUT2D eigenvalue weighted by Gasteiger charge is -2.37. The van der Waals surface area contributed by atoms with Gasteiger partial charge < -0.3 is 0 Å². The summed E-state index contributed by atoms with van der Waals surface area (Å²) in [7, 11) is 0. The Balaban J connectivity index is 1.35. The van der Waals surface area contributed by atoms with E-state index < -0.39 is 46.8 Å². The minimum absolute atomic E-state index is 0.0466.